The van der Waals surface area contributed by atoms with E-state index >= 15 is 0 Å². The molecule has 0 saturated heterocycles. The number of nitrogens with zero attached hydrogens (tertiary/aromatic N) is 1. The Kier molecular flexibility index (Phi) is 7.09. The molecule has 2 N–H and O–H groups in total. The summed E-state index contributed by atoms with van der Waals surface area (Å²) in [6, 6.07) is 14.7. The van der Waals surface area contributed by atoms with Crippen LogP contribution in [0.1, 0.15) is 37.8 Å². The lowest BCUT2D eigenvalue weighted by Gasteiger charge is -2.33. The van der Waals surface area contributed by atoms with Gasteiger partial charge >= 0.3 is 0 Å². The second-order valence-corrected chi connectivity index (χ2v) is 6.81. The lowest BCUT2D eigenvalue weighted by atomic mass is 9.68. The molecular weight excluding hydrogens is 310 g/mol. The van der Waals surface area contributed by atoms with Gasteiger partial charge in [0.05, 0.1) is 17.7 Å². The zero-order chi connectivity index (χ0) is 18.1. The number of aryl methyl sites for hydroxylation is 1. The smallest absolute Gasteiger partial charge is 0.192 e. The Labute approximate surface area is 151 Å². The first-order valence-electron chi connectivity index (χ1n) is 9.05. The highest BCUT2D eigenvalue weighted by Crippen LogP contribution is 2.38. The average Bonchev–Trinajstić information content (AvgIpc) is 3.12. The first kappa shape index (κ1) is 19.1. The molecule has 4 heteroatoms. The Hall–Kier alpha value is -2.25. The van der Waals surface area contributed by atoms with Crippen LogP contribution >= 0.6 is 0 Å². The van der Waals surface area contributed by atoms with Crippen molar-refractivity contribution in [3.8, 4) is 6.07 Å². The second-order valence-electron chi connectivity index (χ2n) is 6.81. The Morgan fingerprint density at radius 1 is 1.12 bits per heavy atom. The molecule has 0 saturated carbocycles. The van der Waals surface area contributed by atoms with Crippen molar-refractivity contribution in [2.45, 2.75) is 39.0 Å². The molecule has 1 aromatic carbocycles. The fourth-order valence-electron chi connectivity index (χ4n) is 3.32. The molecule has 0 fully saturated rings. The molecule has 1 heterocycles. The van der Waals surface area contributed by atoms with Gasteiger partial charge in [-0.05, 0) is 49.4 Å². The average molecular weight is 339 g/mol. The van der Waals surface area contributed by atoms with Crippen LogP contribution in [0.4, 0.5) is 5.88 Å². The highest BCUT2D eigenvalue weighted by molar-refractivity contribution is 5.39. The van der Waals surface area contributed by atoms with Crippen LogP contribution in [0.5, 0.6) is 0 Å². The van der Waals surface area contributed by atoms with E-state index in [1.54, 1.807) is 6.26 Å². The molecule has 0 aliphatic heterocycles. The largest absolute Gasteiger partial charge is 0.449 e. The van der Waals surface area contributed by atoms with Gasteiger partial charge in [0.1, 0.15) is 0 Å². The van der Waals surface area contributed by atoms with E-state index in [1.165, 1.54) is 11.1 Å². The van der Waals surface area contributed by atoms with Gasteiger partial charge in [0.25, 0.3) is 0 Å². The third-order valence-corrected chi connectivity index (χ3v) is 4.86. The van der Waals surface area contributed by atoms with Crippen molar-refractivity contribution < 1.29 is 4.42 Å². The predicted octanol–water partition coefficient (Wildman–Crippen LogP) is 4.49. The maximum Gasteiger partial charge on any atom is 0.192 e. The Balaban J connectivity index is 1.83. The highest BCUT2D eigenvalue weighted by Gasteiger charge is 2.36. The lowest BCUT2D eigenvalue weighted by Crippen LogP contribution is -2.33. The zero-order valence-corrected chi connectivity index (χ0v) is 15.5. The van der Waals surface area contributed by atoms with Crippen molar-refractivity contribution in [2.75, 3.05) is 25.0 Å². The minimum Gasteiger partial charge on any atom is -0.449 e. The van der Waals surface area contributed by atoms with Gasteiger partial charge in [-0.3, -0.25) is 0 Å². The minimum absolute atomic E-state index is 0.277. The van der Waals surface area contributed by atoms with E-state index in [-0.39, 0.29) is 5.92 Å². The highest BCUT2D eigenvalue weighted by atomic mass is 16.3. The summed E-state index contributed by atoms with van der Waals surface area (Å²) in [7, 11) is 0. The molecule has 4 nitrogen and oxygen atoms in total. The number of rotatable bonds is 10. The molecule has 0 aliphatic carbocycles. The maximum atomic E-state index is 9.98. The van der Waals surface area contributed by atoms with Gasteiger partial charge in [-0.1, -0.05) is 38.1 Å². The van der Waals surface area contributed by atoms with E-state index in [1.807, 2.05) is 24.3 Å². The van der Waals surface area contributed by atoms with E-state index in [0.29, 0.717) is 0 Å². The van der Waals surface area contributed by atoms with Gasteiger partial charge in [0, 0.05) is 19.2 Å². The van der Waals surface area contributed by atoms with E-state index in [4.69, 9.17) is 4.42 Å². The molecular formula is C21H29N3O. The van der Waals surface area contributed by atoms with Gasteiger partial charge in [0.15, 0.2) is 5.88 Å². The molecule has 2 aromatic rings. The maximum absolute atomic E-state index is 9.98. The van der Waals surface area contributed by atoms with E-state index < -0.39 is 5.41 Å². The van der Waals surface area contributed by atoms with Crippen LogP contribution in [-0.4, -0.2) is 19.6 Å². The summed E-state index contributed by atoms with van der Waals surface area (Å²) in [4.78, 5) is 0. The van der Waals surface area contributed by atoms with Crippen LogP contribution in [0.25, 0.3) is 0 Å². The van der Waals surface area contributed by atoms with Gasteiger partial charge < -0.3 is 15.1 Å². The molecule has 0 unspecified atom stereocenters. The fourth-order valence-corrected chi connectivity index (χ4v) is 3.32. The fraction of sp³-hybridized carbons (Fsp3) is 0.476. The van der Waals surface area contributed by atoms with Crippen molar-refractivity contribution in [1.82, 2.24) is 5.32 Å². The van der Waals surface area contributed by atoms with Crippen molar-refractivity contribution in [3.63, 3.8) is 0 Å². The van der Waals surface area contributed by atoms with Crippen LogP contribution < -0.4 is 10.6 Å². The number of hydrogen-bond donors (Lipinski definition) is 2. The number of nitrogens with one attached hydrogen (secondary N) is 2. The molecule has 25 heavy (non-hydrogen) atoms. The van der Waals surface area contributed by atoms with Crippen molar-refractivity contribution in [2.24, 2.45) is 5.92 Å². The topological polar surface area (TPSA) is 61.0 Å². The van der Waals surface area contributed by atoms with E-state index in [9.17, 15) is 5.26 Å². The van der Waals surface area contributed by atoms with E-state index in [2.05, 4.69) is 49.6 Å². The summed E-state index contributed by atoms with van der Waals surface area (Å²) < 4.78 is 5.23. The first-order valence-corrected chi connectivity index (χ1v) is 9.05. The summed E-state index contributed by atoms with van der Waals surface area (Å²) in [6.07, 6.45) is 3.50. The third kappa shape index (κ3) is 4.87. The molecule has 134 valence electrons. The molecule has 1 aromatic heterocycles. The molecule has 0 bridgehead atoms. The summed E-state index contributed by atoms with van der Waals surface area (Å²) in [5.74, 6) is 1.07. The standard InChI is InChI=1S/C21H29N3O/c1-17(2)21(16-22,19-9-5-4-8-18(19)3)11-7-12-23-13-14-24-20-10-6-15-25-20/h4-6,8-10,15,17,23-24H,7,11-14H2,1-3H3/t21-/m1/s1. The molecule has 0 amide bonds. The first-order chi connectivity index (χ1) is 12.1. The van der Waals surface area contributed by atoms with Gasteiger partial charge in [0.2, 0.25) is 0 Å². The number of anilines is 1. The van der Waals surface area contributed by atoms with E-state index in [0.717, 1.165) is 38.4 Å². The van der Waals surface area contributed by atoms with Crippen molar-refractivity contribution in [3.05, 3.63) is 53.8 Å². The van der Waals surface area contributed by atoms with Crippen LogP contribution in [0.3, 0.4) is 0 Å². The van der Waals surface area contributed by atoms with Crippen molar-refractivity contribution in [1.29, 1.82) is 5.26 Å². The molecule has 2 rings (SSSR count). The number of nitriles is 1. The molecule has 0 spiro atoms. The Bertz CT molecular complexity index is 673. The number of hydrogen-bond acceptors (Lipinski definition) is 4. The summed E-state index contributed by atoms with van der Waals surface area (Å²) in [5.41, 5.74) is 1.96. The second kappa shape index (κ2) is 9.29. The summed E-state index contributed by atoms with van der Waals surface area (Å²) in [5, 5.41) is 16.6. The van der Waals surface area contributed by atoms with Crippen LogP contribution in [0, 0.1) is 24.2 Å². The van der Waals surface area contributed by atoms with Crippen LogP contribution in [-0.2, 0) is 5.41 Å². The quantitative estimate of drug-likeness (QED) is 0.626. The lowest BCUT2D eigenvalue weighted by molar-refractivity contribution is 0.355. The predicted molar refractivity (Wildman–Crippen MR) is 103 cm³/mol. The Morgan fingerprint density at radius 3 is 2.56 bits per heavy atom. The zero-order valence-electron chi connectivity index (χ0n) is 15.5. The number of benzene rings is 1. The minimum atomic E-state index is -0.417. The molecule has 0 aliphatic rings. The SMILES string of the molecule is Cc1ccccc1[C@@](C#N)(CCCNCCNc1ccco1)C(C)C. The van der Waals surface area contributed by atoms with Gasteiger partial charge in [-0.15, -0.1) is 0 Å². The monoisotopic (exact) mass is 339 g/mol. The summed E-state index contributed by atoms with van der Waals surface area (Å²) in [6.45, 7) is 8.99. The summed E-state index contributed by atoms with van der Waals surface area (Å²) >= 11 is 0. The molecule has 0 radical (unpaired) electrons. The van der Waals surface area contributed by atoms with Crippen molar-refractivity contribution >= 4 is 5.88 Å². The normalized spacial score (nSPS) is 13.4. The van der Waals surface area contributed by atoms with Gasteiger partial charge in [-0.2, -0.15) is 5.26 Å². The third-order valence-electron chi connectivity index (χ3n) is 4.86. The molecule has 1 atom stereocenters. The van der Waals surface area contributed by atoms with Crippen LogP contribution in [0.2, 0.25) is 0 Å². The van der Waals surface area contributed by atoms with Crippen LogP contribution in [0.15, 0.2) is 47.1 Å². The Morgan fingerprint density at radius 2 is 1.92 bits per heavy atom. The van der Waals surface area contributed by atoms with Gasteiger partial charge in [-0.25, -0.2) is 0 Å². The number of furan rings is 1.